The average Bonchev–Trinajstić information content (AvgIpc) is 2.97. The van der Waals surface area contributed by atoms with Crippen LogP contribution < -0.4 is 5.73 Å². The zero-order valence-corrected chi connectivity index (χ0v) is 13.6. The van der Waals surface area contributed by atoms with E-state index >= 15 is 0 Å². The minimum atomic E-state index is 0.0412. The minimum Gasteiger partial charge on any atom is -0.324 e. The molecule has 20 heavy (non-hydrogen) atoms. The molecule has 5 heteroatoms. The molecule has 2 N–H and O–H groups in total. The fourth-order valence-electron chi connectivity index (χ4n) is 2.24. The average molecular weight is 323 g/mol. The molecule has 1 aliphatic rings. The van der Waals surface area contributed by atoms with Gasteiger partial charge in [-0.25, -0.2) is 4.98 Å². The first-order chi connectivity index (χ1) is 9.83. The van der Waals surface area contributed by atoms with Crippen molar-refractivity contribution >= 4 is 34.9 Å². The predicted octanol–water partition coefficient (Wildman–Crippen LogP) is 3.91. The van der Waals surface area contributed by atoms with Crippen molar-refractivity contribution in [3.63, 3.8) is 0 Å². The second-order valence-corrected chi connectivity index (χ2v) is 8.18. The molecule has 0 aliphatic carbocycles. The van der Waals surface area contributed by atoms with Crippen LogP contribution in [0.25, 0.3) is 0 Å². The number of nitrogens with zero attached hydrogens (tertiary/aromatic N) is 1. The van der Waals surface area contributed by atoms with E-state index in [2.05, 4.69) is 17.5 Å². The number of aromatic nitrogens is 1. The van der Waals surface area contributed by atoms with Crippen molar-refractivity contribution in [1.29, 1.82) is 0 Å². The van der Waals surface area contributed by atoms with Gasteiger partial charge in [0.05, 0.1) is 10.9 Å². The normalized spacial score (nSPS) is 20.8. The van der Waals surface area contributed by atoms with E-state index in [0.29, 0.717) is 5.25 Å². The van der Waals surface area contributed by atoms with Gasteiger partial charge in [0.25, 0.3) is 0 Å². The third-order valence-corrected chi connectivity index (χ3v) is 7.24. The summed E-state index contributed by atoms with van der Waals surface area (Å²) in [5, 5.41) is 4.04. The first kappa shape index (κ1) is 14.4. The van der Waals surface area contributed by atoms with Crippen LogP contribution in [0.1, 0.15) is 27.6 Å². The van der Waals surface area contributed by atoms with Crippen molar-refractivity contribution in [3.8, 4) is 0 Å². The van der Waals surface area contributed by atoms with Crippen molar-refractivity contribution < 1.29 is 0 Å². The largest absolute Gasteiger partial charge is 0.324 e. The van der Waals surface area contributed by atoms with Crippen LogP contribution in [-0.2, 0) is 6.42 Å². The van der Waals surface area contributed by atoms with Gasteiger partial charge in [0.2, 0.25) is 0 Å². The zero-order valence-electron chi connectivity index (χ0n) is 11.2. The number of hydrogen-bond donors (Lipinski definition) is 1. The topological polar surface area (TPSA) is 38.9 Å². The summed E-state index contributed by atoms with van der Waals surface area (Å²) in [7, 11) is 0. The summed E-state index contributed by atoms with van der Waals surface area (Å²) in [4.78, 5) is 4.80. The molecular formula is C15H18N2S3. The van der Waals surface area contributed by atoms with Gasteiger partial charge in [0, 0.05) is 35.1 Å². The summed E-state index contributed by atoms with van der Waals surface area (Å²) < 4.78 is 0. The smallest absolute Gasteiger partial charge is 0.107 e. The molecule has 0 amide bonds. The fraction of sp³-hybridized carbons (Fsp3) is 0.400. The van der Waals surface area contributed by atoms with E-state index < -0.39 is 0 Å². The van der Waals surface area contributed by atoms with Crippen LogP contribution in [0.4, 0.5) is 0 Å². The van der Waals surface area contributed by atoms with Crippen LogP contribution in [0.15, 0.2) is 35.7 Å². The Morgan fingerprint density at radius 3 is 2.85 bits per heavy atom. The molecule has 2 unspecified atom stereocenters. The summed E-state index contributed by atoms with van der Waals surface area (Å²) in [5.74, 6) is 3.72. The highest BCUT2D eigenvalue weighted by atomic mass is 32.2. The maximum absolute atomic E-state index is 6.27. The second kappa shape index (κ2) is 6.98. The van der Waals surface area contributed by atoms with Gasteiger partial charge in [-0.1, -0.05) is 30.3 Å². The number of thioether (sulfide) groups is 2. The molecular weight excluding hydrogens is 304 g/mol. The van der Waals surface area contributed by atoms with Crippen molar-refractivity contribution in [3.05, 3.63) is 52.0 Å². The van der Waals surface area contributed by atoms with Gasteiger partial charge in [0.1, 0.15) is 5.01 Å². The molecule has 0 saturated carbocycles. The lowest BCUT2D eigenvalue weighted by molar-refractivity contribution is 0.708. The van der Waals surface area contributed by atoms with Crippen LogP contribution in [0, 0.1) is 0 Å². The molecule has 0 bridgehead atoms. The molecule has 2 aromatic rings. The van der Waals surface area contributed by atoms with Crippen molar-refractivity contribution in [2.45, 2.75) is 17.7 Å². The molecule has 106 valence electrons. The molecule has 2 nitrogen and oxygen atoms in total. The predicted molar refractivity (Wildman–Crippen MR) is 91.7 cm³/mol. The maximum atomic E-state index is 6.27. The first-order valence-corrected chi connectivity index (χ1v) is 9.85. The summed E-state index contributed by atoms with van der Waals surface area (Å²) in [6.07, 6.45) is 0.824. The Morgan fingerprint density at radius 1 is 1.25 bits per heavy atom. The molecule has 0 radical (unpaired) electrons. The van der Waals surface area contributed by atoms with Gasteiger partial charge in [0.15, 0.2) is 0 Å². The van der Waals surface area contributed by atoms with E-state index in [1.807, 2.05) is 41.7 Å². The second-order valence-electron chi connectivity index (χ2n) is 4.83. The third kappa shape index (κ3) is 3.58. The Hall–Kier alpha value is -0.490. The lowest BCUT2D eigenvalue weighted by Gasteiger charge is -2.18. The Bertz CT molecular complexity index is 535. The van der Waals surface area contributed by atoms with E-state index in [-0.39, 0.29) is 6.04 Å². The van der Waals surface area contributed by atoms with Crippen molar-refractivity contribution in [2.24, 2.45) is 5.73 Å². The minimum absolute atomic E-state index is 0.0412. The molecule has 1 fully saturated rings. The Kier molecular flexibility index (Phi) is 5.04. The van der Waals surface area contributed by atoms with Crippen LogP contribution in [-0.4, -0.2) is 22.2 Å². The van der Waals surface area contributed by atoms with E-state index in [9.17, 15) is 0 Å². The van der Waals surface area contributed by atoms with Crippen molar-refractivity contribution in [1.82, 2.24) is 4.98 Å². The number of hydrogen-bond acceptors (Lipinski definition) is 5. The highest BCUT2D eigenvalue weighted by Gasteiger charge is 2.20. The van der Waals surface area contributed by atoms with Gasteiger partial charge < -0.3 is 5.73 Å². The van der Waals surface area contributed by atoms with Gasteiger partial charge in [-0.2, -0.15) is 11.8 Å². The van der Waals surface area contributed by atoms with Crippen LogP contribution in [0.5, 0.6) is 0 Å². The standard InChI is InChI=1S/C15H18N2S3/c16-13(11-4-2-1-3-5-11)8-12-9-20-15(17-12)14-10-18-6-7-19-14/h1-5,9,13-14H,6-8,10,16H2. The zero-order chi connectivity index (χ0) is 13.8. The first-order valence-electron chi connectivity index (χ1n) is 6.77. The van der Waals surface area contributed by atoms with Crippen LogP contribution >= 0.6 is 34.9 Å². The number of thiazole rings is 1. The molecule has 1 aromatic heterocycles. The summed E-state index contributed by atoms with van der Waals surface area (Å²) in [6, 6.07) is 10.3. The Balaban J connectivity index is 1.65. The Labute approximate surface area is 132 Å². The molecule has 1 saturated heterocycles. The van der Waals surface area contributed by atoms with E-state index in [4.69, 9.17) is 10.7 Å². The summed E-state index contributed by atoms with van der Waals surface area (Å²) in [5.41, 5.74) is 8.59. The SMILES string of the molecule is NC(Cc1csc(C2CSCCS2)n1)c1ccccc1. The lowest BCUT2D eigenvalue weighted by atomic mass is 10.0. The van der Waals surface area contributed by atoms with Gasteiger partial charge >= 0.3 is 0 Å². The maximum Gasteiger partial charge on any atom is 0.107 e. The number of benzene rings is 1. The van der Waals surface area contributed by atoms with E-state index in [1.54, 1.807) is 11.3 Å². The molecule has 1 aromatic carbocycles. The highest BCUT2D eigenvalue weighted by Crippen LogP contribution is 2.38. The van der Waals surface area contributed by atoms with Crippen molar-refractivity contribution in [2.75, 3.05) is 17.3 Å². The Morgan fingerprint density at radius 2 is 2.10 bits per heavy atom. The van der Waals surface area contributed by atoms with Gasteiger partial charge in [-0.15, -0.1) is 23.1 Å². The monoisotopic (exact) mass is 322 g/mol. The van der Waals surface area contributed by atoms with Gasteiger partial charge in [-0.05, 0) is 5.56 Å². The summed E-state index contributed by atoms with van der Waals surface area (Å²) in [6.45, 7) is 0. The number of rotatable bonds is 4. The quantitative estimate of drug-likeness (QED) is 0.926. The molecule has 2 atom stereocenters. The van der Waals surface area contributed by atoms with Crippen LogP contribution in [0.3, 0.4) is 0 Å². The molecule has 3 rings (SSSR count). The summed E-state index contributed by atoms with van der Waals surface area (Å²) >= 11 is 5.87. The highest BCUT2D eigenvalue weighted by molar-refractivity contribution is 8.06. The lowest BCUT2D eigenvalue weighted by Crippen LogP contribution is -2.13. The molecule has 1 aliphatic heterocycles. The van der Waals surface area contributed by atoms with Gasteiger partial charge in [-0.3, -0.25) is 0 Å². The third-order valence-electron chi connectivity index (χ3n) is 3.32. The molecule has 2 heterocycles. The van der Waals surface area contributed by atoms with E-state index in [0.717, 1.165) is 12.1 Å². The molecule has 0 spiro atoms. The van der Waals surface area contributed by atoms with E-state index in [1.165, 1.54) is 27.8 Å². The number of nitrogens with two attached hydrogens (primary N) is 1. The van der Waals surface area contributed by atoms with Crippen LogP contribution in [0.2, 0.25) is 0 Å². The fourth-order valence-corrected chi connectivity index (χ4v) is 6.07.